The third-order valence-electron chi connectivity index (χ3n) is 8.80. The number of carbonyl (C=O) groups excluding carboxylic acids is 5. The summed E-state index contributed by atoms with van der Waals surface area (Å²) in [5.74, 6) is -13.0. The zero-order valence-electron chi connectivity index (χ0n) is 29.2. The molecule has 3 atom stereocenters. The van der Waals surface area contributed by atoms with Crippen molar-refractivity contribution in [3.05, 3.63) is 99.5 Å². The minimum Gasteiger partial charge on any atom is -0.497 e. The summed E-state index contributed by atoms with van der Waals surface area (Å²) < 4.78 is 72.9. The van der Waals surface area contributed by atoms with Gasteiger partial charge in [0.1, 0.15) is 24.4 Å². The fraction of sp³-hybridized carbons (Fsp3) is 0.378. The first kappa shape index (κ1) is 42.0. The van der Waals surface area contributed by atoms with Crippen molar-refractivity contribution in [2.24, 2.45) is 5.92 Å². The average Bonchev–Trinajstić information content (AvgIpc) is 3.93. The highest BCUT2D eigenvalue weighted by molar-refractivity contribution is 6.31. The molecule has 0 bridgehead atoms. The van der Waals surface area contributed by atoms with Gasteiger partial charge in [-0.3, -0.25) is 24.0 Å². The SMILES string of the molecule is COc1ccc(C(NC(=O)C(Cc2cccc(Cl)c2)NC(=O)C2(c3cccc(Cl)c3)CC2)C(=O)N[C@H](C(=O)C(F)(F)C(=O)NCC(F)(F)F)C(C)C)cc1. The van der Waals surface area contributed by atoms with Gasteiger partial charge in [-0.2, -0.15) is 22.0 Å². The monoisotopic (exact) mass is 798 g/mol. The Labute approximate surface area is 317 Å². The van der Waals surface area contributed by atoms with Crippen molar-refractivity contribution >= 4 is 52.6 Å². The van der Waals surface area contributed by atoms with Gasteiger partial charge in [0.2, 0.25) is 23.5 Å². The van der Waals surface area contributed by atoms with Gasteiger partial charge in [-0.1, -0.05) is 73.4 Å². The Balaban J connectivity index is 1.65. The molecular weight excluding hydrogens is 762 g/mol. The fourth-order valence-corrected chi connectivity index (χ4v) is 6.08. The smallest absolute Gasteiger partial charge is 0.405 e. The number of ether oxygens (including phenoxy) is 1. The van der Waals surface area contributed by atoms with Crippen molar-refractivity contribution in [1.29, 1.82) is 0 Å². The van der Waals surface area contributed by atoms with Crippen molar-refractivity contribution in [3.8, 4) is 5.75 Å². The van der Waals surface area contributed by atoms with Gasteiger partial charge in [0.25, 0.3) is 5.91 Å². The van der Waals surface area contributed by atoms with Gasteiger partial charge >= 0.3 is 12.1 Å². The van der Waals surface area contributed by atoms with Crippen LogP contribution in [0.25, 0.3) is 0 Å². The highest BCUT2D eigenvalue weighted by atomic mass is 35.5. The van der Waals surface area contributed by atoms with E-state index in [4.69, 9.17) is 27.9 Å². The lowest BCUT2D eigenvalue weighted by Gasteiger charge is -2.29. The van der Waals surface area contributed by atoms with E-state index in [-0.39, 0.29) is 12.0 Å². The van der Waals surface area contributed by atoms with Crippen molar-refractivity contribution in [3.63, 3.8) is 0 Å². The maximum atomic E-state index is 15.0. The van der Waals surface area contributed by atoms with Gasteiger partial charge in [-0.15, -0.1) is 0 Å². The van der Waals surface area contributed by atoms with Gasteiger partial charge in [-0.25, -0.2) is 0 Å². The van der Waals surface area contributed by atoms with Crippen LogP contribution in [0.1, 0.15) is 49.4 Å². The van der Waals surface area contributed by atoms with Crippen LogP contribution in [0.3, 0.4) is 0 Å². The van der Waals surface area contributed by atoms with Crippen molar-refractivity contribution < 1.29 is 50.7 Å². The lowest BCUT2D eigenvalue weighted by atomic mass is 9.93. The van der Waals surface area contributed by atoms with Gasteiger partial charge in [0.05, 0.1) is 18.6 Å². The number of benzene rings is 3. The molecule has 0 heterocycles. The van der Waals surface area contributed by atoms with E-state index in [0.29, 0.717) is 39.8 Å². The first-order valence-electron chi connectivity index (χ1n) is 16.6. The van der Waals surface area contributed by atoms with Crippen molar-refractivity contribution in [1.82, 2.24) is 21.3 Å². The van der Waals surface area contributed by atoms with Crippen LogP contribution in [0.5, 0.6) is 5.75 Å². The third kappa shape index (κ3) is 10.5. The largest absolute Gasteiger partial charge is 0.497 e. The number of hydrogen-bond donors (Lipinski definition) is 4. The summed E-state index contributed by atoms with van der Waals surface area (Å²) in [5, 5.41) is 9.23. The number of hydrogen-bond acceptors (Lipinski definition) is 6. The maximum Gasteiger partial charge on any atom is 0.405 e. The molecule has 0 saturated heterocycles. The number of nitrogens with one attached hydrogen (secondary N) is 4. The summed E-state index contributed by atoms with van der Waals surface area (Å²) in [4.78, 5) is 67.0. The summed E-state index contributed by atoms with van der Waals surface area (Å²) in [5.41, 5.74) is 0.292. The number of rotatable bonds is 16. The third-order valence-corrected chi connectivity index (χ3v) is 9.27. The van der Waals surface area contributed by atoms with Crippen LogP contribution in [0, 0.1) is 5.92 Å². The van der Waals surface area contributed by atoms with Crippen LogP contribution in [0.15, 0.2) is 72.8 Å². The Kier molecular flexibility index (Phi) is 13.3. The van der Waals surface area contributed by atoms with E-state index in [1.165, 1.54) is 45.2 Å². The van der Waals surface area contributed by atoms with Gasteiger partial charge in [-0.05, 0) is 71.8 Å². The predicted molar refractivity (Wildman–Crippen MR) is 189 cm³/mol. The lowest BCUT2D eigenvalue weighted by Crippen LogP contribution is -2.59. The van der Waals surface area contributed by atoms with E-state index in [9.17, 15) is 45.9 Å². The summed E-state index contributed by atoms with van der Waals surface area (Å²) in [6.07, 6.45) is -4.22. The lowest BCUT2D eigenvalue weighted by molar-refractivity contribution is -0.165. The minimum atomic E-state index is -5.04. The molecular formula is C37H37Cl2F5N4O6. The topological polar surface area (TPSA) is 143 Å². The molecule has 0 radical (unpaired) electrons. The summed E-state index contributed by atoms with van der Waals surface area (Å²) >= 11 is 12.4. The normalized spacial score (nSPS) is 15.3. The van der Waals surface area contributed by atoms with Crippen LogP contribution in [0.2, 0.25) is 10.0 Å². The van der Waals surface area contributed by atoms with E-state index < -0.39 is 77.5 Å². The zero-order chi connectivity index (χ0) is 40.0. The number of halogens is 7. The van der Waals surface area contributed by atoms with Crippen molar-refractivity contribution in [2.75, 3.05) is 13.7 Å². The summed E-state index contributed by atoms with van der Waals surface area (Å²) in [6, 6.07) is 13.8. The molecule has 1 fully saturated rings. The van der Waals surface area contributed by atoms with E-state index >= 15 is 0 Å². The second-order valence-corrected chi connectivity index (χ2v) is 14.0. The van der Waals surface area contributed by atoms with Crippen LogP contribution >= 0.6 is 23.2 Å². The zero-order valence-corrected chi connectivity index (χ0v) is 30.7. The molecule has 4 N–H and O–H groups in total. The number of Topliss-reactive ketones (excluding diaryl/α,β-unsaturated/α-hetero) is 1. The van der Waals surface area contributed by atoms with E-state index in [1.807, 2.05) is 0 Å². The Bertz CT molecular complexity index is 1870. The first-order valence-corrected chi connectivity index (χ1v) is 17.4. The molecule has 1 aliphatic carbocycles. The van der Waals surface area contributed by atoms with Crippen LogP contribution in [-0.2, 0) is 35.8 Å². The molecule has 10 nitrogen and oxygen atoms in total. The Morgan fingerprint density at radius 2 is 1.43 bits per heavy atom. The van der Waals surface area contributed by atoms with E-state index in [1.54, 1.807) is 48.5 Å². The van der Waals surface area contributed by atoms with Crippen molar-refractivity contribution in [2.45, 2.75) is 68.7 Å². The Morgan fingerprint density at radius 3 is 1.96 bits per heavy atom. The first-order chi connectivity index (χ1) is 25.3. The number of carbonyl (C=O) groups is 5. The Hall–Kier alpha value is -4.76. The van der Waals surface area contributed by atoms with Gasteiger partial charge in [0, 0.05) is 16.5 Å². The molecule has 3 aromatic rings. The second kappa shape index (κ2) is 17.1. The molecule has 290 valence electrons. The molecule has 2 unspecified atom stereocenters. The average molecular weight is 800 g/mol. The van der Waals surface area contributed by atoms with Crippen LogP contribution < -0.4 is 26.0 Å². The molecule has 1 aliphatic rings. The molecule has 4 rings (SSSR count). The number of alkyl halides is 5. The fourth-order valence-electron chi connectivity index (χ4n) is 5.67. The molecule has 54 heavy (non-hydrogen) atoms. The minimum absolute atomic E-state index is 0.0942. The molecule has 0 aromatic heterocycles. The number of amides is 4. The highest BCUT2D eigenvalue weighted by Crippen LogP contribution is 2.49. The summed E-state index contributed by atoms with van der Waals surface area (Å²) in [6.45, 7) is 0.404. The van der Waals surface area contributed by atoms with Gasteiger partial charge < -0.3 is 26.0 Å². The standard InChI is InChI=1S/C37H37Cl2F5N4O6/c1-20(2)28(30(49)37(43,44)34(53)45-19-36(40,41)42)47-32(51)29(22-10-12-26(54-3)13-11-22)48-31(50)27(17-21-6-4-8-24(38)16-21)46-33(52)35(14-15-35)23-7-5-9-25(39)18-23/h4-13,16,18,20,27-29H,14-15,17,19H2,1-3H3,(H,45,53)(H,46,52)(H,47,51)(H,48,50)/t27?,28-,29?/m0/s1. The maximum absolute atomic E-state index is 15.0. The second-order valence-electron chi connectivity index (χ2n) is 13.1. The van der Waals surface area contributed by atoms with Crippen LogP contribution in [-0.4, -0.2) is 67.2 Å². The quantitative estimate of drug-likeness (QED) is 0.109. The molecule has 3 aromatic carbocycles. The van der Waals surface area contributed by atoms with Gasteiger partial charge in [0.15, 0.2) is 0 Å². The summed E-state index contributed by atoms with van der Waals surface area (Å²) in [7, 11) is 1.38. The molecule has 4 amide bonds. The number of methoxy groups -OCH3 is 1. The van der Waals surface area contributed by atoms with E-state index in [2.05, 4.69) is 16.0 Å². The molecule has 1 saturated carbocycles. The number of ketones is 1. The Morgan fingerprint density at radius 1 is 0.815 bits per heavy atom. The molecule has 0 aliphatic heterocycles. The highest BCUT2D eigenvalue weighted by Gasteiger charge is 2.53. The molecule has 17 heteroatoms. The van der Waals surface area contributed by atoms with E-state index in [0.717, 1.165) is 5.32 Å². The predicted octanol–water partition coefficient (Wildman–Crippen LogP) is 5.64. The van der Waals surface area contributed by atoms with Crippen LogP contribution in [0.4, 0.5) is 22.0 Å². The molecule has 0 spiro atoms.